The number of halogens is 12. The monoisotopic (exact) mass is 1660 g/mol. The van der Waals surface area contributed by atoms with Crippen molar-refractivity contribution in [2.45, 2.75) is 85.2 Å². The number of nitrogens with zero attached hydrogens (tertiary/aromatic N) is 4. The third-order valence-corrected chi connectivity index (χ3v) is 25.2. The van der Waals surface area contributed by atoms with Crippen LogP contribution in [0.3, 0.4) is 0 Å². The maximum atomic E-state index is 10.7. The summed E-state index contributed by atoms with van der Waals surface area (Å²) in [5.41, 5.74) is -16.0. The number of hydrogen-bond acceptors (Lipinski definition) is 16. The molecule has 2 heterocycles. The zero-order chi connectivity index (χ0) is 73.7. The molecule has 0 amide bonds. The van der Waals surface area contributed by atoms with E-state index in [9.17, 15) is 52.7 Å². The Balaban J connectivity index is -0.000000163. The van der Waals surface area contributed by atoms with Crippen LogP contribution in [0.1, 0.15) is 64.3 Å². The van der Waals surface area contributed by atoms with Crippen molar-refractivity contribution in [1.29, 1.82) is 10.5 Å². The topological polar surface area (TPSA) is 302 Å². The van der Waals surface area contributed by atoms with Gasteiger partial charge in [-0.25, -0.2) is 33.7 Å². The fourth-order valence-corrected chi connectivity index (χ4v) is 25.4. The smallest absolute Gasteiger partial charge is 0.741 e. The summed E-state index contributed by atoms with van der Waals surface area (Å²) in [5.74, 6) is 0. The van der Waals surface area contributed by atoms with Crippen molar-refractivity contribution in [2.75, 3.05) is 156 Å². The fourth-order valence-electron chi connectivity index (χ4n) is 9.43. The summed E-state index contributed by atoms with van der Waals surface area (Å²) >= 11 is 0. The van der Waals surface area contributed by atoms with E-state index in [0.717, 1.165) is 0 Å². The molecular weight excluding hydrogens is 1560 g/mol. The Labute approximate surface area is 571 Å². The molecule has 0 radical (unpaired) electrons. The number of nitriles is 2. The molecule has 16 nitrogen and oxygen atoms in total. The van der Waals surface area contributed by atoms with Gasteiger partial charge in [0.2, 0.25) is 0 Å². The van der Waals surface area contributed by atoms with E-state index in [2.05, 4.69) is 171 Å². The van der Waals surface area contributed by atoms with E-state index in [-0.39, 0.29) is 119 Å². The van der Waals surface area contributed by atoms with Crippen LogP contribution >= 0.6 is 63.4 Å². The molecule has 0 bridgehead atoms. The molecule has 0 aliphatic heterocycles. The van der Waals surface area contributed by atoms with Crippen LogP contribution in [0.4, 0.5) is 52.7 Å². The van der Waals surface area contributed by atoms with Crippen LogP contribution in [0, 0.1) is 22.7 Å². The van der Waals surface area contributed by atoms with E-state index in [4.69, 9.17) is 72.4 Å². The van der Waals surface area contributed by atoms with E-state index in [1.807, 2.05) is 0 Å². The first-order chi connectivity index (χ1) is 39.6. The minimum atomic E-state index is -6.09. The van der Waals surface area contributed by atoms with Crippen molar-refractivity contribution >= 4 is 104 Å². The van der Waals surface area contributed by atoms with Crippen LogP contribution in [-0.2, 0) is 96.3 Å². The molecular formula is C50H96F12Fe2N4O12P8S4+8. The van der Waals surface area contributed by atoms with Gasteiger partial charge in [-0.2, -0.15) is 63.2 Å². The molecule has 0 unspecified atom stereocenters. The second-order valence-electron chi connectivity index (χ2n) is 24.2. The van der Waals surface area contributed by atoms with Crippen LogP contribution in [0.25, 0.3) is 0 Å². The summed E-state index contributed by atoms with van der Waals surface area (Å²) in [5, 5.41) is 14.6. The number of rotatable bonds is 20. The van der Waals surface area contributed by atoms with Crippen LogP contribution in [0.5, 0.6) is 0 Å². The third kappa shape index (κ3) is 50.0. The zero-order valence-corrected chi connectivity index (χ0v) is 69.2. The van der Waals surface area contributed by atoms with E-state index < -0.39 is 62.5 Å². The molecule has 0 N–H and O–H groups in total. The molecule has 2 rings (SSSR count). The van der Waals surface area contributed by atoms with Gasteiger partial charge in [0.15, 0.2) is 40.5 Å². The van der Waals surface area contributed by atoms with Gasteiger partial charge in [0, 0.05) is 120 Å². The summed E-state index contributed by atoms with van der Waals surface area (Å²) in [7, 11) is -26.6. The van der Waals surface area contributed by atoms with Gasteiger partial charge in [-0.15, -0.1) is 0 Å². The molecule has 0 atom stereocenters. The Morgan fingerprint density at radius 1 is 0.337 bits per heavy atom. The van der Waals surface area contributed by atoms with E-state index in [1.54, 1.807) is 12.1 Å². The van der Waals surface area contributed by atoms with Crippen LogP contribution in [0.2, 0.25) is 0 Å². The molecule has 42 heteroatoms. The maximum Gasteiger partial charge on any atom is 2.00 e. The SMILES string of the molecule is CC#N.CC#N.C[PH+](C)CC(C)(C[PH+](C)C)c1cccc(C(C)(C[PH+](C)C)C[PH+](C)C)n1.C[PH+](C)CC(C)(C[PH+](C)C)c1cccc(C(C)(C[PH+](C)C)C[PH+](C)C)n1.O=S(=O)([O-])C(F)(F)F.O=S(=O)([O-])C(F)(F)F.O=S(=O)([O-])C(F)(F)F.O=S(=O)([O-])C(F)(F)F.[Fe+2].[Fe+2]. The molecule has 0 aromatic carbocycles. The van der Waals surface area contributed by atoms with Crippen molar-refractivity contribution in [3.63, 3.8) is 0 Å². The predicted octanol–water partition coefficient (Wildman–Crippen LogP) is 12.2. The quantitative estimate of drug-likeness (QED) is 0.0391. The van der Waals surface area contributed by atoms with Gasteiger partial charge in [0.25, 0.3) is 0 Å². The van der Waals surface area contributed by atoms with Gasteiger partial charge < -0.3 is 18.2 Å². The molecule has 2 aromatic heterocycles. The third-order valence-electron chi connectivity index (χ3n) is 11.1. The largest absolute Gasteiger partial charge is 2.00 e. The predicted molar refractivity (Wildman–Crippen MR) is 364 cm³/mol. The number of hydrogen-bond donors (Lipinski definition) is 0. The number of alkyl halides is 12. The molecule has 0 aliphatic carbocycles. The molecule has 544 valence electrons. The summed E-state index contributed by atoms with van der Waals surface area (Å²) < 4.78 is 236. The zero-order valence-electron chi connectivity index (χ0n) is 55.7. The molecule has 0 fully saturated rings. The van der Waals surface area contributed by atoms with Crippen LogP contribution in [0.15, 0.2) is 36.4 Å². The first-order valence-corrected chi connectivity index (χ1v) is 53.9. The summed E-state index contributed by atoms with van der Waals surface area (Å²) in [6.45, 7) is 52.2. The van der Waals surface area contributed by atoms with Crippen molar-refractivity contribution in [1.82, 2.24) is 9.97 Å². The minimum Gasteiger partial charge on any atom is -0.741 e. The Hall–Kier alpha value is 0.559. The first kappa shape index (κ1) is 109. The Bertz CT molecular complexity index is 2540. The first-order valence-electron chi connectivity index (χ1n) is 26.6. The normalized spacial score (nSPS) is 12.7. The number of aromatic nitrogens is 2. The van der Waals surface area contributed by atoms with Crippen molar-refractivity contribution in [2.24, 2.45) is 0 Å². The summed E-state index contributed by atoms with van der Waals surface area (Å²) in [4.78, 5) is 10.8. The second kappa shape index (κ2) is 46.9. The molecule has 2 aromatic rings. The van der Waals surface area contributed by atoms with E-state index >= 15 is 0 Å². The Kier molecular flexibility index (Phi) is 55.3. The Morgan fingerprint density at radius 2 is 0.424 bits per heavy atom. The standard InChI is InChI=1S/2C21H41NP4.2C2H3N.4CHF3O3S.2Fe/c2*1-20(14-23(3)4,15-24(5)6)18-12-11-13-19(22-18)21(2,16-25(7)8)17-26(9)10;2*1-2-3;4*2-1(3,4)8(5,6)7;;/h2*11-13H,14-17H2,1-10H3;2*1H3;4*(H,5,6,7);;/q;;;;;;;;2*+2/p+4. The van der Waals surface area contributed by atoms with E-state index in [0.29, 0.717) is 0 Å². The van der Waals surface area contributed by atoms with Gasteiger partial charge in [-0.3, -0.25) is 9.97 Å². The van der Waals surface area contributed by atoms with Crippen molar-refractivity contribution in [3.8, 4) is 12.1 Å². The van der Waals surface area contributed by atoms with Crippen molar-refractivity contribution in [3.05, 3.63) is 59.2 Å². The van der Waals surface area contributed by atoms with Gasteiger partial charge >= 0.3 is 56.2 Å². The molecule has 0 spiro atoms. The Morgan fingerprint density at radius 3 is 0.489 bits per heavy atom. The molecule has 0 saturated carbocycles. The van der Waals surface area contributed by atoms with Crippen LogP contribution < -0.4 is 0 Å². The van der Waals surface area contributed by atoms with Gasteiger partial charge in [0.05, 0.1) is 106 Å². The summed E-state index contributed by atoms with van der Waals surface area (Å²) in [6, 6.07) is 17.4. The molecule has 0 saturated heterocycles. The van der Waals surface area contributed by atoms with Gasteiger partial charge in [-0.1, -0.05) is 12.1 Å². The molecule has 0 aliphatic rings. The molecule has 92 heavy (non-hydrogen) atoms. The maximum absolute atomic E-state index is 10.7. The average molecular weight is 1660 g/mol. The average Bonchev–Trinajstić information content (AvgIpc) is 0.818. The fraction of sp³-hybridized carbons (Fsp3) is 0.760. The van der Waals surface area contributed by atoms with Crippen LogP contribution in [-0.4, -0.2) is 240 Å². The second-order valence-corrected chi connectivity index (χ2v) is 51.8. The van der Waals surface area contributed by atoms with Gasteiger partial charge in [0.1, 0.15) is 0 Å². The van der Waals surface area contributed by atoms with E-state index in [1.165, 1.54) is 85.9 Å². The number of pyridine rings is 2. The van der Waals surface area contributed by atoms with Gasteiger partial charge in [-0.05, 0) is 115 Å². The van der Waals surface area contributed by atoms with Crippen molar-refractivity contribution < 1.29 is 139 Å². The minimum absolute atomic E-state index is 0. The summed E-state index contributed by atoms with van der Waals surface area (Å²) in [6.07, 6.45) is 10.7.